The lowest BCUT2D eigenvalue weighted by Crippen LogP contribution is -2.32. The molecule has 170 valence electrons. The van der Waals surface area contributed by atoms with E-state index < -0.39 is 30.0 Å². The van der Waals surface area contributed by atoms with Gasteiger partial charge >= 0.3 is 0 Å². The van der Waals surface area contributed by atoms with E-state index >= 15 is 0 Å². The summed E-state index contributed by atoms with van der Waals surface area (Å²) in [5.74, 6) is -1.12. The Balaban J connectivity index is 1.58. The van der Waals surface area contributed by atoms with Crippen LogP contribution >= 0.6 is 22.9 Å². The fraction of sp³-hybridized carbons (Fsp3) is 0.350. The zero-order valence-electron chi connectivity index (χ0n) is 17.0. The van der Waals surface area contributed by atoms with E-state index in [-0.39, 0.29) is 27.9 Å². The molecule has 1 aromatic carbocycles. The van der Waals surface area contributed by atoms with Crippen LogP contribution in [0.5, 0.6) is 0 Å². The number of thiazole rings is 1. The number of ether oxygens (including phenoxy) is 1. The van der Waals surface area contributed by atoms with E-state index in [4.69, 9.17) is 27.8 Å². The summed E-state index contributed by atoms with van der Waals surface area (Å²) in [4.78, 5) is 17.1. The molecule has 0 radical (unpaired) electrons. The van der Waals surface area contributed by atoms with Crippen molar-refractivity contribution in [3.8, 4) is 10.6 Å². The van der Waals surface area contributed by atoms with Gasteiger partial charge in [0.15, 0.2) is 5.69 Å². The van der Waals surface area contributed by atoms with Crippen LogP contribution in [0.1, 0.15) is 35.1 Å². The molecule has 8 nitrogen and oxygen atoms in total. The quantitative estimate of drug-likeness (QED) is 0.521. The monoisotopic (exact) mass is 482 g/mol. The minimum absolute atomic E-state index is 0.0493. The Labute approximate surface area is 191 Å². The second-order valence-corrected chi connectivity index (χ2v) is 8.92. The molecule has 1 amide bonds. The van der Waals surface area contributed by atoms with Crippen molar-refractivity contribution in [2.45, 2.75) is 31.2 Å². The van der Waals surface area contributed by atoms with E-state index in [0.717, 1.165) is 11.3 Å². The van der Waals surface area contributed by atoms with E-state index in [0.29, 0.717) is 29.2 Å². The summed E-state index contributed by atoms with van der Waals surface area (Å²) in [7, 11) is 1.70. The number of aromatic nitrogens is 3. The Bertz CT molecular complexity index is 1140. The third-order valence-electron chi connectivity index (χ3n) is 5.25. The van der Waals surface area contributed by atoms with Crippen molar-refractivity contribution in [2.75, 3.05) is 17.7 Å². The van der Waals surface area contributed by atoms with Gasteiger partial charge < -0.3 is 21.5 Å². The van der Waals surface area contributed by atoms with Gasteiger partial charge in [-0.15, -0.1) is 0 Å². The first-order valence-corrected chi connectivity index (χ1v) is 11.0. The van der Waals surface area contributed by atoms with Crippen molar-refractivity contribution in [2.24, 2.45) is 12.8 Å². The van der Waals surface area contributed by atoms with Crippen molar-refractivity contribution < 1.29 is 18.3 Å². The summed E-state index contributed by atoms with van der Waals surface area (Å²) in [6.07, 6.45) is 0.618. The third-order valence-corrected chi connectivity index (χ3v) is 6.40. The van der Waals surface area contributed by atoms with Gasteiger partial charge in [-0.3, -0.25) is 9.48 Å². The minimum atomic E-state index is -1.26. The van der Waals surface area contributed by atoms with Gasteiger partial charge in [0.25, 0.3) is 5.91 Å². The van der Waals surface area contributed by atoms with E-state index in [1.165, 1.54) is 24.4 Å². The van der Waals surface area contributed by atoms with Crippen molar-refractivity contribution >= 4 is 39.5 Å². The Morgan fingerprint density at radius 2 is 2.19 bits per heavy atom. The van der Waals surface area contributed by atoms with E-state index in [1.807, 2.05) is 0 Å². The predicted octanol–water partition coefficient (Wildman–Crippen LogP) is 3.69. The number of halogens is 3. The second kappa shape index (κ2) is 9.10. The van der Waals surface area contributed by atoms with Crippen molar-refractivity contribution in [1.29, 1.82) is 0 Å². The summed E-state index contributed by atoms with van der Waals surface area (Å²) in [5.41, 5.74) is 12.9. The lowest BCUT2D eigenvalue weighted by Gasteiger charge is -2.17. The molecule has 0 bridgehead atoms. The van der Waals surface area contributed by atoms with Gasteiger partial charge in [0.2, 0.25) is 0 Å². The van der Waals surface area contributed by atoms with Crippen LogP contribution in [0.25, 0.3) is 10.6 Å². The van der Waals surface area contributed by atoms with Crippen molar-refractivity contribution in [1.82, 2.24) is 14.8 Å². The maximum atomic E-state index is 14.2. The summed E-state index contributed by atoms with van der Waals surface area (Å²) < 4.78 is 35.4. The second-order valence-electron chi connectivity index (χ2n) is 7.46. The maximum absolute atomic E-state index is 14.2. The number of nitrogens with two attached hydrogens (primary N) is 2. The number of amides is 1. The molecule has 0 saturated carbocycles. The molecule has 1 fully saturated rings. The number of aryl methyl sites for hydroxylation is 1. The van der Waals surface area contributed by atoms with Crippen LogP contribution in [-0.4, -0.2) is 39.5 Å². The first-order chi connectivity index (χ1) is 15.2. The van der Waals surface area contributed by atoms with E-state index in [9.17, 15) is 13.6 Å². The molecule has 1 aliphatic rings. The number of nitrogens with one attached hydrogen (secondary N) is 1. The van der Waals surface area contributed by atoms with E-state index in [1.54, 1.807) is 11.7 Å². The van der Waals surface area contributed by atoms with Crippen LogP contribution in [-0.2, 0) is 11.8 Å². The van der Waals surface area contributed by atoms with Gasteiger partial charge in [0.1, 0.15) is 28.1 Å². The number of anilines is 2. The minimum Gasteiger partial charge on any atom is -0.389 e. The number of rotatable bonds is 4. The number of nitrogens with zero attached hydrogens (tertiary/aromatic N) is 3. The number of nitrogen functional groups attached to an aromatic ring is 1. The van der Waals surface area contributed by atoms with Gasteiger partial charge in [-0.05, 0) is 31.0 Å². The number of alkyl halides is 1. The van der Waals surface area contributed by atoms with Crippen LogP contribution < -0.4 is 16.8 Å². The Morgan fingerprint density at radius 1 is 1.41 bits per heavy atom. The highest BCUT2D eigenvalue weighted by molar-refractivity contribution is 7.19. The zero-order chi connectivity index (χ0) is 23.0. The molecule has 1 aliphatic heterocycles. The molecule has 3 heterocycles. The predicted molar refractivity (Wildman–Crippen MR) is 119 cm³/mol. The first kappa shape index (κ1) is 22.6. The number of benzene rings is 1. The average molecular weight is 483 g/mol. The lowest BCUT2D eigenvalue weighted by molar-refractivity contribution is 0.0247. The molecular weight excluding hydrogens is 462 g/mol. The van der Waals surface area contributed by atoms with Crippen LogP contribution in [0, 0.1) is 5.82 Å². The summed E-state index contributed by atoms with van der Waals surface area (Å²) >= 11 is 6.93. The molecule has 1 saturated heterocycles. The van der Waals surface area contributed by atoms with Gasteiger partial charge in [0.05, 0.1) is 24.2 Å². The number of hydrogen-bond acceptors (Lipinski definition) is 7. The highest BCUT2D eigenvalue weighted by atomic mass is 35.5. The van der Waals surface area contributed by atoms with Gasteiger partial charge in [0, 0.05) is 23.7 Å². The number of carbonyl (C=O) groups is 1. The summed E-state index contributed by atoms with van der Waals surface area (Å²) in [5, 5.41) is 7.61. The zero-order valence-corrected chi connectivity index (χ0v) is 18.6. The topological polar surface area (TPSA) is 121 Å². The van der Waals surface area contributed by atoms with Gasteiger partial charge in [-0.2, -0.15) is 5.10 Å². The smallest absolute Gasteiger partial charge is 0.277 e. The van der Waals surface area contributed by atoms with Crippen LogP contribution in [0.2, 0.25) is 5.02 Å². The fourth-order valence-electron chi connectivity index (χ4n) is 3.53. The Kier molecular flexibility index (Phi) is 6.42. The summed E-state index contributed by atoms with van der Waals surface area (Å²) in [6.45, 7) is -0.141. The van der Waals surface area contributed by atoms with Crippen LogP contribution in [0.3, 0.4) is 0 Å². The number of hydrogen-bond donors (Lipinski definition) is 3. The highest BCUT2D eigenvalue weighted by Crippen LogP contribution is 2.35. The molecule has 5 N–H and O–H groups in total. The molecule has 3 aromatic rings. The molecular formula is C20H21ClF2N6O2S. The highest BCUT2D eigenvalue weighted by Gasteiger charge is 2.30. The van der Waals surface area contributed by atoms with E-state index in [2.05, 4.69) is 15.4 Å². The van der Waals surface area contributed by atoms with Crippen LogP contribution in [0.4, 0.5) is 19.5 Å². The standard InChI is InChI=1S/C20H21ClF2N6O2S/c1-29-17(15-5-4-13(24)12(23)8-31-15)14(7-26-29)27-19(30)16-18(25)32-20(28-16)10-6-9(21)2-3-11(10)22/h2-3,6-7,12-13,15H,4-5,8,24-25H2,1H3,(H,27,30). The summed E-state index contributed by atoms with van der Waals surface area (Å²) in [6, 6.07) is 3.45. The fourth-order valence-corrected chi connectivity index (χ4v) is 4.55. The lowest BCUT2D eigenvalue weighted by atomic mass is 10.0. The van der Waals surface area contributed by atoms with Crippen LogP contribution in [0.15, 0.2) is 24.4 Å². The third kappa shape index (κ3) is 4.46. The molecule has 0 spiro atoms. The molecule has 2 aromatic heterocycles. The Hall–Kier alpha value is -2.60. The van der Waals surface area contributed by atoms with Gasteiger partial charge in [-0.1, -0.05) is 22.9 Å². The first-order valence-electron chi connectivity index (χ1n) is 9.80. The number of carbonyl (C=O) groups excluding carboxylic acids is 1. The van der Waals surface area contributed by atoms with Gasteiger partial charge in [-0.25, -0.2) is 13.8 Å². The Morgan fingerprint density at radius 3 is 2.97 bits per heavy atom. The normalized spacial score (nSPS) is 21.3. The van der Waals surface area contributed by atoms with Crippen molar-refractivity contribution in [3.05, 3.63) is 46.6 Å². The molecule has 12 heteroatoms. The maximum Gasteiger partial charge on any atom is 0.277 e. The van der Waals surface area contributed by atoms with Crippen molar-refractivity contribution in [3.63, 3.8) is 0 Å². The molecule has 32 heavy (non-hydrogen) atoms. The SMILES string of the molecule is Cn1ncc(NC(=O)c2nc(-c3cc(Cl)ccc3F)sc2N)c1C1CCC(N)C(F)CO1. The molecule has 4 rings (SSSR count). The molecule has 3 unspecified atom stereocenters. The largest absolute Gasteiger partial charge is 0.389 e. The molecule has 3 atom stereocenters. The molecule has 0 aliphatic carbocycles. The average Bonchev–Trinajstić information content (AvgIpc) is 3.27.